The lowest BCUT2D eigenvalue weighted by Crippen LogP contribution is -2.30. The van der Waals surface area contributed by atoms with Gasteiger partial charge in [-0.2, -0.15) is 4.99 Å². The molecule has 0 unspecified atom stereocenters. The van der Waals surface area contributed by atoms with E-state index >= 15 is 0 Å². The molecule has 5 heteroatoms. The largest absolute Gasteiger partial charge is 0.328 e. The van der Waals surface area contributed by atoms with Gasteiger partial charge in [0.15, 0.2) is 5.82 Å². The van der Waals surface area contributed by atoms with Crippen molar-refractivity contribution in [3.63, 3.8) is 0 Å². The average molecular weight is 229 g/mol. The maximum absolute atomic E-state index is 4.60. The Balaban J connectivity index is 2.15. The highest BCUT2D eigenvalue weighted by molar-refractivity contribution is 5.98. The van der Waals surface area contributed by atoms with E-state index in [1.807, 2.05) is 15.8 Å². The van der Waals surface area contributed by atoms with Crippen molar-refractivity contribution in [1.82, 2.24) is 19.8 Å². The average Bonchev–Trinajstić information content (AvgIpc) is 2.81. The van der Waals surface area contributed by atoms with Gasteiger partial charge >= 0.3 is 0 Å². The first kappa shape index (κ1) is 10.1. The lowest BCUT2D eigenvalue weighted by Gasteiger charge is -2.23. The van der Waals surface area contributed by atoms with E-state index in [0.717, 1.165) is 28.9 Å². The molecule has 3 heterocycles. The number of fused-ring (bicyclic) bond motifs is 2. The molecule has 0 aliphatic carbocycles. The van der Waals surface area contributed by atoms with Gasteiger partial charge in [-0.15, -0.1) is 0 Å². The van der Waals surface area contributed by atoms with Crippen LogP contribution in [-0.4, -0.2) is 27.0 Å². The first-order valence-electron chi connectivity index (χ1n) is 5.65. The zero-order valence-electron chi connectivity index (χ0n) is 10.1. The summed E-state index contributed by atoms with van der Waals surface area (Å²) in [6, 6.07) is 0.333. The molecule has 0 atom stereocenters. The van der Waals surface area contributed by atoms with Crippen LogP contribution in [0.4, 0.5) is 5.82 Å². The highest BCUT2D eigenvalue weighted by Crippen LogP contribution is 2.35. The lowest BCUT2D eigenvalue weighted by molar-refractivity contribution is 0.598. The zero-order chi connectivity index (χ0) is 12.2. The maximum Gasteiger partial charge on any atom is 0.210 e. The molecular formula is C12H15N5. The Morgan fingerprint density at radius 3 is 2.88 bits per heavy atom. The first-order valence-corrected chi connectivity index (χ1v) is 5.65. The van der Waals surface area contributed by atoms with Crippen LogP contribution >= 0.6 is 0 Å². The minimum absolute atomic E-state index is 0.333. The summed E-state index contributed by atoms with van der Waals surface area (Å²) in [5.41, 5.74) is 2.68. The van der Waals surface area contributed by atoms with Crippen LogP contribution in [0, 0.1) is 0 Å². The number of nitrogens with one attached hydrogen (secondary N) is 1. The molecule has 1 N–H and O–H groups in total. The van der Waals surface area contributed by atoms with Crippen molar-refractivity contribution < 1.29 is 0 Å². The molecule has 1 aromatic heterocycles. The highest BCUT2D eigenvalue weighted by atomic mass is 15.4. The van der Waals surface area contributed by atoms with Crippen molar-refractivity contribution >= 4 is 17.5 Å². The molecule has 2 aliphatic rings. The Labute approximate surface area is 100 Å². The molecule has 0 spiro atoms. The van der Waals surface area contributed by atoms with Gasteiger partial charge in [-0.05, 0) is 13.8 Å². The fraction of sp³-hybridized carbons (Fsp3) is 0.333. The highest BCUT2D eigenvalue weighted by Gasteiger charge is 2.32. The fourth-order valence-corrected chi connectivity index (χ4v) is 2.12. The van der Waals surface area contributed by atoms with E-state index in [0.29, 0.717) is 12.6 Å². The number of aromatic nitrogens is 2. The van der Waals surface area contributed by atoms with Crippen molar-refractivity contribution in [3.8, 4) is 0 Å². The van der Waals surface area contributed by atoms with Crippen LogP contribution < -0.4 is 5.32 Å². The topological polar surface area (TPSA) is 45.5 Å². The van der Waals surface area contributed by atoms with Gasteiger partial charge in [-0.1, -0.05) is 13.2 Å². The van der Waals surface area contributed by atoms with E-state index in [1.54, 1.807) is 0 Å². The molecule has 1 saturated heterocycles. The standard InChI is InChI=1S/C12H15N5/c1-7(2)17-6-13-10-9(4)16-5-8(3)14-12(16)15-11(10)17/h6-7H,3-5H2,1-2H3,(H,14,15). The van der Waals surface area contributed by atoms with Gasteiger partial charge in [0.1, 0.15) is 5.69 Å². The molecule has 0 bridgehead atoms. The van der Waals surface area contributed by atoms with Gasteiger partial charge in [-0.25, -0.2) is 4.98 Å². The van der Waals surface area contributed by atoms with Gasteiger partial charge in [0.05, 0.1) is 18.6 Å². The number of imidazole rings is 1. The monoisotopic (exact) mass is 229 g/mol. The zero-order valence-corrected chi connectivity index (χ0v) is 10.1. The number of rotatable bonds is 1. The Bertz CT molecular complexity index is 549. The molecule has 5 nitrogen and oxygen atoms in total. The first-order chi connectivity index (χ1) is 8.08. The molecule has 88 valence electrons. The number of hydrogen-bond donors (Lipinski definition) is 1. The van der Waals surface area contributed by atoms with Crippen LogP contribution in [0.3, 0.4) is 0 Å². The molecule has 0 amide bonds. The summed E-state index contributed by atoms with van der Waals surface area (Å²) >= 11 is 0. The Morgan fingerprint density at radius 2 is 2.18 bits per heavy atom. The van der Waals surface area contributed by atoms with E-state index < -0.39 is 0 Å². The van der Waals surface area contributed by atoms with Crippen LogP contribution in [0.5, 0.6) is 0 Å². The Kier molecular flexibility index (Phi) is 1.92. The third-order valence-corrected chi connectivity index (χ3v) is 3.03. The third-order valence-electron chi connectivity index (χ3n) is 3.03. The third kappa shape index (κ3) is 1.32. The van der Waals surface area contributed by atoms with Gasteiger partial charge in [0.2, 0.25) is 5.96 Å². The molecule has 0 aromatic carbocycles. The minimum atomic E-state index is 0.333. The van der Waals surface area contributed by atoms with Crippen molar-refractivity contribution in [2.45, 2.75) is 19.9 Å². The Morgan fingerprint density at radius 1 is 1.41 bits per heavy atom. The van der Waals surface area contributed by atoms with E-state index in [9.17, 15) is 0 Å². The minimum Gasteiger partial charge on any atom is -0.328 e. The maximum atomic E-state index is 4.60. The van der Waals surface area contributed by atoms with Crippen molar-refractivity contribution in [3.05, 3.63) is 30.9 Å². The van der Waals surface area contributed by atoms with E-state index in [2.05, 4.69) is 42.3 Å². The van der Waals surface area contributed by atoms with Crippen molar-refractivity contribution in [2.24, 2.45) is 4.99 Å². The normalized spacial score (nSPS) is 18.1. The summed E-state index contributed by atoms with van der Waals surface area (Å²) in [7, 11) is 0. The van der Waals surface area contributed by atoms with Crippen molar-refractivity contribution in [2.75, 3.05) is 6.54 Å². The van der Waals surface area contributed by atoms with Crippen LogP contribution in [0.1, 0.15) is 25.6 Å². The van der Waals surface area contributed by atoms with Gasteiger partial charge in [0, 0.05) is 11.7 Å². The Hall–Kier alpha value is -2.04. The number of guanidine groups is 1. The second-order valence-electron chi connectivity index (χ2n) is 4.61. The van der Waals surface area contributed by atoms with E-state index in [1.165, 1.54) is 0 Å². The summed E-state index contributed by atoms with van der Waals surface area (Å²) < 4.78 is 2.05. The predicted molar refractivity (Wildman–Crippen MR) is 67.7 cm³/mol. The van der Waals surface area contributed by atoms with Crippen LogP contribution in [0.25, 0.3) is 5.70 Å². The number of hydrogen-bond acceptors (Lipinski definition) is 4. The van der Waals surface area contributed by atoms with E-state index in [4.69, 9.17) is 0 Å². The lowest BCUT2D eigenvalue weighted by atomic mass is 10.2. The molecule has 3 rings (SSSR count). The summed E-state index contributed by atoms with van der Waals surface area (Å²) in [5.74, 6) is 1.67. The molecule has 1 fully saturated rings. The molecule has 1 aromatic rings. The SMILES string of the molecule is C=C1CN2C(=C)c3ncn(C(C)C)c3N=C2N1. The number of aliphatic imine (C=N–C) groups is 1. The van der Waals surface area contributed by atoms with Crippen LogP contribution in [0.15, 0.2) is 30.2 Å². The van der Waals surface area contributed by atoms with Gasteiger partial charge < -0.3 is 14.8 Å². The second kappa shape index (κ2) is 3.23. The summed E-state index contributed by atoms with van der Waals surface area (Å²) in [6.07, 6.45) is 1.82. The number of nitrogens with zero attached hydrogens (tertiary/aromatic N) is 4. The quantitative estimate of drug-likeness (QED) is 0.799. The molecule has 0 radical (unpaired) electrons. The second-order valence-corrected chi connectivity index (χ2v) is 4.61. The molecular weight excluding hydrogens is 214 g/mol. The van der Waals surface area contributed by atoms with E-state index in [-0.39, 0.29) is 0 Å². The molecule has 17 heavy (non-hydrogen) atoms. The van der Waals surface area contributed by atoms with Crippen LogP contribution in [-0.2, 0) is 0 Å². The fourth-order valence-electron chi connectivity index (χ4n) is 2.12. The van der Waals surface area contributed by atoms with Gasteiger partial charge in [-0.3, -0.25) is 0 Å². The summed E-state index contributed by atoms with van der Waals surface area (Å²) in [5, 5.41) is 3.16. The predicted octanol–water partition coefficient (Wildman–Crippen LogP) is 1.85. The summed E-state index contributed by atoms with van der Waals surface area (Å²) in [4.78, 5) is 11.0. The summed E-state index contributed by atoms with van der Waals surface area (Å²) in [6.45, 7) is 12.9. The smallest absolute Gasteiger partial charge is 0.210 e. The molecule has 0 saturated carbocycles. The molecule has 2 aliphatic heterocycles. The van der Waals surface area contributed by atoms with Gasteiger partial charge in [0.25, 0.3) is 0 Å². The van der Waals surface area contributed by atoms with Crippen molar-refractivity contribution in [1.29, 1.82) is 0 Å². The van der Waals surface area contributed by atoms with Crippen LogP contribution in [0.2, 0.25) is 0 Å².